The average Bonchev–Trinajstić information content (AvgIpc) is 2.40. The topological polar surface area (TPSA) is 23.6 Å². The third-order valence-electron chi connectivity index (χ3n) is 3.60. The van der Waals surface area contributed by atoms with E-state index in [1.807, 2.05) is 12.1 Å². The van der Waals surface area contributed by atoms with Gasteiger partial charge in [-0.2, -0.15) is 0 Å². The minimum atomic E-state index is 0.157. The van der Waals surface area contributed by atoms with Gasteiger partial charge in [-0.3, -0.25) is 9.69 Å². The first kappa shape index (κ1) is 15.5. The molecule has 0 bridgehead atoms. The van der Waals surface area contributed by atoms with Crippen LogP contribution in [-0.2, 0) is 0 Å². The second-order valence-electron chi connectivity index (χ2n) is 5.90. The highest BCUT2D eigenvalue weighted by atomic mass is 35.5. The van der Waals surface area contributed by atoms with Crippen LogP contribution in [0.1, 0.15) is 24.2 Å². The number of halogens is 1. The van der Waals surface area contributed by atoms with E-state index in [1.54, 1.807) is 12.1 Å². The Hall–Kier alpha value is -0.900. The van der Waals surface area contributed by atoms with Crippen molar-refractivity contribution in [2.75, 3.05) is 39.3 Å². The largest absolute Gasteiger partial charge is 0.301 e. The quantitative estimate of drug-likeness (QED) is 0.780. The van der Waals surface area contributed by atoms with Gasteiger partial charge < -0.3 is 4.90 Å². The Morgan fingerprint density at radius 3 is 2.45 bits per heavy atom. The second kappa shape index (κ2) is 7.21. The van der Waals surface area contributed by atoms with Gasteiger partial charge in [-0.05, 0) is 18.1 Å². The average molecular weight is 295 g/mol. The first-order valence-electron chi connectivity index (χ1n) is 7.28. The number of hydrogen-bond donors (Lipinski definition) is 0. The van der Waals surface area contributed by atoms with Gasteiger partial charge in [0.2, 0.25) is 0 Å². The SMILES string of the molecule is CC(C)CN1CCN(CC(=O)c2cccc(Cl)c2)CC1. The standard InChI is InChI=1S/C16H23ClN2O/c1-13(2)11-18-6-8-19(9-7-18)12-16(20)14-4-3-5-15(17)10-14/h3-5,10,13H,6-9,11-12H2,1-2H3. The summed E-state index contributed by atoms with van der Waals surface area (Å²) in [7, 11) is 0. The van der Waals surface area contributed by atoms with Crippen molar-refractivity contribution in [3.05, 3.63) is 34.9 Å². The number of ketones is 1. The van der Waals surface area contributed by atoms with E-state index in [2.05, 4.69) is 23.6 Å². The second-order valence-corrected chi connectivity index (χ2v) is 6.34. The third kappa shape index (κ3) is 4.58. The first-order chi connectivity index (χ1) is 9.54. The maximum atomic E-state index is 12.2. The molecule has 0 unspecified atom stereocenters. The first-order valence-corrected chi connectivity index (χ1v) is 7.66. The molecule has 110 valence electrons. The maximum Gasteiger partial charge on any atom is 0.176 e. The van der Waals surface area contributed by atoms with Crippen LogP contribution in [0.15, 0.2) is 24.3 Å². The molecule has 0 radical (unpaired) electrons. The molecule has 1 fully saturated rings. The molecule has 1 aromatic carbocycles. The molecule has 1 aliphatic heterocycles. The molecule has 0 amide bonds. The minimum absolute atomic E-state index is 0.157. The summed E-state index contributed by atoms with van der Waals surface area (Å²) >= 11 is 5.93. The van der Waals surface area contributed by atoms with E-state index in [-0.39, 0.29) is 5.78 Å². The lowest BCUT2D eigenvalue weighted by molar-refractivity contribution is 0.0837. The third-order valence-corrected chi connectivity index (χ3v) is 3.84. The Morgan fingerprint density at radius 2 is 1.85 bits per heavy atom. The van der Waals surface area contributed by atoms with Crippen LogP contribution in [0, 0.1) is 5.92 Å². The van der Waals surface area contributed by atoms with E-state index in [0.717, 1.165) is 32.7 Å². The van der Waals surface area contributed by atoms with E-state index in [9.17, 15) is 4.79 Å². The van der Waals surface area contributed by atoms with Gasteiger partial charge in [-0.25, -0.2) is 0 Å². The number of benzene rings is 1. The van der Waals surface area contributed by atoms with Gasteiger partial charge in [0.25, 0.3) is 0 Å². The molecule has 0 N–H and O–H groups in total. The summed E-state index contributed by atoms with van der Waals surface area (Å²) in [6, 6.07) is 7.21. The number of nitrogens with zero attached hydrogens (tertiary/aromatic N) is 2. The monoisotopic (exact) mass is 294 g/mol. The summed E-state index contributed by atoms with van der Waals surface area (Å²) in [4.78, 5) is 16.9. The fourth-order valence-electron chi connectivity index (χ4n) is 2.60. The van der Waals surface area contributed by atoms with Crippen LogP contribution in [0.4, 0.5) is 0 Å². The Kier molecular flexibility index (Phi) is 5.58. The number of Topliss-reactive ketones (excluding diaryl/α,β-unsaturated/α-hetero) is 1. The van der Waals surface area contributed by atoms with Crippen molar-refractivity contribution < 1.29 is 4.79 Å². The van der Waals surface area contributed by atoms with Gasteiger partial charge in [-0.15, -0.1) is 0 Å². The lowest BCUT2D eigenvalue weighted by atomic mass is 10.1. The van der Waals surface area contributed by atoms with Crippen LogP contribution >= 0.6 is 11.6 Å². The Morgan fingerprint density at radius 1 is 1.20 bits per heavy atom. The van der Waals surface area contributed by atoms with E-state index in [1.165, 1.54) is 0 Å². The van der Waals surface area contributed by atoms with Gasteiger partial charge in [0.1, 0.15) is 0 Å². The molecule has 20 heavy (non-hydrogen) atoms. The number of carbonyl (C=O) groups is 1. The van der Waals surface area contributed by atoms with Crippen molar-refractivity contribution >= 4 is 17.4 Å². The minimum Gasteiger partial charge on any atom is -0.301 e. The fourth-order valence-corrected chi connectivity index (χ4v) is 2.79. The molecule has 4 heteroatoms. The highest BCUT2D eigenvalue weighted by molar-refractivity contribution is 6.31. The van der Waals surface area contributed by atoms with Crippen molar-refractivity contribution in [2.24, 2.45) is 5.92 Å². The smallest absolute Gasteiger partial charge is 0.176 e. The zero-order chi connectivity index (χ0) is 14.5. The van der Waals surface area contributed by atoms with Crippen molar-refractivity contribution in [2.45, 2.75) is 13.8 Å². The number of carbonyl (C=O) groups excluding carboxylic acids is 1. The van der Waals surface area contributed by atoms with E-state index in [4.69, 9.17) is 11.6 Å². The van der Waals surface area contributed by atoms with Gasteiger partial charge in [0, 0.05) is 43.3 Å². The van der Waals surface area contributed by atoms with E-state index in [0.29, 0.717) is 23.0 Å². The van der Waals surface area contributed by atoms with Crippen molar-refractivity contribution in [3.8, 4) is 0 Å². The summed E-state index contributed by atoms with van der Waals surface area (Å²) in [6.07, 6.45) is 0. The van der Waals surface area contributed by atoms with Gasteiger partial charge in [0.05, 0.1) is 6.54 Å². The van der Waals surface area contributed by atoms with Crippen LogP contribution in [0.2, 0.25) is 5.02 Å². The number of rotatable bonds is 5. The van der Waals surface area contributed by atoms with E-state index >= 15 is 0 Å². The summed E-state index contributed by atoms with van der Waals surface area (Å²) in [6.45, 7) is 10.2. The summed E-state index contributed by atoms with van der Waals surface area (Å²) in [5, 5.41) is 0.623. The van der Waals surface area contributed by atoms with Crippen molar-refractivity contribution in [1.29, 1.82) is 0 Å². The van der Waals surface area contributed by atoms with Crippen LogP contribution in [0.25, 0.3) is 0 Å². The molecule has 0 saturated carbocycles. The predicted octanol–water partition coefficient (Wildman–Crippen LogP) is 2.80. The Labute approximate surface area is 126 Å². The molecule has 3 nitrogen and oxygen atoms in total. The molecule has 1 aromatic rings. The number of piperazine rings is 1. The molecule has 0 aromatic heterocycles. The molecule has 2 rings (SSSR count). The molecule has 0 spiro atoms. The predicted molar refractivity (Wildman–Crippen MR) is 83.5 cm³/mol. The Balaban J connectivity index is 1.82. The van der Waals surface area contributed by atoms with Gasteiger partial charge in [0.15, 0.2) is 5.78 Å². The molecular formula is C16H23ClN2O. The van der Waals surface area contributed by atoms with Crippen molar-refractivity contribution in [1.82, 2.24) is 9.80 Å². The molecular weight excluding hydrogens is 272 g/mol. The highest BCUT2D eigenvalue weighted by Gasteiger charge is 2.19. The Bertz CT molecular complexity index is 454. The molecule has 0 aliphatic carbocycles. The van der Waals surface area contributed by atoms with Crippen molar-refractivity contribution in [3.63, 3.8) is 0 Å². The zero-order valence-electron chi connectivity index (χ0n) is 12.3. The van der Waals surface area contributed by atoms with Crippen LogP contribution in [0.3, 0.4) is 0 Å². The normalized spacial score (nSPS) is 17.6. The number of hydrogen-bond acceptors (Lipinski definition) is 3. The molecule has 1 saturated heterocycles. The lowest BCUT2D eigenvalue weighted by Crippen LogP contribution is -2.48. The van der Waals surface area contributed by atoms with Gasteiger partial charge >= 0.3 is 0 Å². The molecule has 1 aliphatic rings. The molecule has 1 heterocycles. The van der Waals surface area contributed by atoms with Gasteiger partial charge in [-0.1, -0.05) is 37.6 Å². The lowest BCUT2D eigenvalue weighted by Gasteiger charge is -2.35. The maximum absolute atomic E-state index is 12.2. The summed E-state index contributed by atoms with van der Waals surface area (Å²) < 4.78 is 0. The summed E-state index contributed by atoms with van der Waals surface area (Å²) in [5.74, 6) is 0.861. The van der Waals surface area contributed by atoms with Crippen LogP contribution < -0.4 is 0 Å². The van der Waals surface area contributed by atoms with E-state index < -0.39 is 0 Å². The summed E-state index contributed by atoms with van der Waals surface area (Å²) in [5.41, 5.74) is 0.710. The van der Waals surface area contributed by atoms with Crippen LogP contribution in [0.5, 0.6) is 0 Å². The molecule has 0 atom stereocenters. The fraction of sp³-hybridized carbons (Fsp3) is 0.562. The zero-order valence-corrected chi connectivity index (χ0v) is 13.1. The highest BCUT2D eigenvalue weighted by Crippen LogP contribution is 2.12. The van der Waals surface area contributed by atoms with Crippen LogP contribution in [-0.4, -0.2) is 54.9 Å².